The summed E-state index contributed by atoms with van der Waals surface area (Å²) in [6, 6.07) is 21.5. The quantitative estimate of drug-likeness (QED) is 0.321. The van der Waals surface area contributed by atoms with Gasteiger partial charge in [0.15, 0.2) is 6.19 Å². The third-order valence-corrected chi connectivity index (χ3v) is 3.68. The summed E-state index contributed by atoms with van der Waals surface area (Å²) in [7, 11) is 0. The lowest BCUT2D eigenvalue weighted by Crippen LogP contribution is -2.19. The molecule has 128 valence electrons. The molecule has 0 atom stereocenters. The maximum absolute atomic E-state index is 8.94. The first-order chi connectivity index (χ1) is 12.8. The lowest BCUT2D eigenvalue weighted by atomic mass is 10.2. The number of nitrogens with zero attached hydrogens (tertiary/aromatic N) is 3. The second-order valence-corrected chi connectivity index (χ2v) is 5.57. The van der Waals surface area contributed by atoms with Crippen LogP contribution in [-0.4, -0.2) is 10.8 Å². The minimum absolute atomic E-state index is 0.432. The van der Waals surface area contributed by atoms with Crippen molar-refractivity contribution in [2.24, 2.45) is 4.99 Å². The normalized spacial score (nSPS) is 10.8. The number of hydrogen-bond donors (Lipinski definition) is 1. The number of aliphatic imine (C=N–C) groups is 1. The molecule has 0 aliphatic carbocycles. The minimum Gasteiger partial charge on any atom is -0.489 e. The van der Waals surface area contributed by atoms with Gasteiger partial charge in [0.25, 0.3) is 0 Å². The summed E-state index contributed by atoms with van der Waals surface area (Å²) < 4.78 is 5.85. The Morgan fingerprint density at radius 2 is 1.88 bits per heavy atom. The molecule has 0 bridgehead atoms. The van der Waals surface area contributed by atoms with E-state index in [0.717, 1.165) is 22.4 Å². The van der Waals surface area contributed by atoms with Crippen molar-refractivity contribution in [1.82, 2.24) is 10.3 Å². The molecule has 5 heteroatoms. The number of benzene rings is 2. The van der Waals surface area contributed by atoms with Crippen molar-refractivity contribution in [2.45, 2.75) is 13.2 Å². The molecule has 0 radical (unpaired) electrons. The Morgan fingerprint density at radius 1 is 1.04 bits per heavy atom. The number of nitrogens with one attached hydrogen (secondary N) is 1. The Bertz CT molecular complexity index is 902. The smallest absolute Gasteiger partial charge is 0.182 e. The van der Waals surface area contributed by atoms with Crippen LogP contribution in [0.3, 0.4) is 0 Å². The summed E-state index contributed by atoms with van der Waals surface area (Å²) in [4.78, 5) is 8.56. The van der Waals surface area contributed by atoms with Gasteiger partial charge < -0.3 is 4.74 Å². The molecule has 0 saturated heterocycles. The summed E-state index contributed by atoms with van der Waals surface area (Å²) >= 11 is 0. The molecule has 0 fully saturated rings. The van der Waals surface area contributed by atoms with Gasteiger partial charge in [0.2, 0.25) is 0 Å². The number of rotatable bonds is 6. The third kappa shape index (κ3) is 4.92. The van der Waals surface area contributed by atoms with E-state index in [4.69, 9.17) is 10.00 Å². The highest BCUT2D eigenvalue weighted by molar-refractivity contribution is 5.99. The standard InChI is InChI=1S/C21H18N4O/c22-16-25-21(19-9-5-11-23-14-19)24-13-18-8-4-10-20(12-18)26-15-17-6-2-1-3-7-17/h1-12,14H,13,15H2,(H,24,25). The van der Waals surface area contributed by atoms with E-state index in [2.05, 4.69) is 15.3 Å². The van der Waals surface area contributed by atoms with Crippen LogP contribution >= 0.6 is 0 Å². The zero-order chi connectivity index (χ0) is 18.0. The van der Waals surface area contributed by atoms with E-state index < -0.39 is 0 Å². The average molecular weight is 342 g/mol. The average Bonchev–Trinajstić information content (AvgIpc) is 2.71. The van der Waals surface area contributed by atoms with Crippen LogP contribution in [-0.2, 0) is 13.2 Å². The maximum Gasteiger partial charge on any atom is 0.182 e. The van der Waals surface area contributed by atoms with Crippen molar-refractivity contribution in [3.8, 4) is 11.9 Å². The van der Waals surface area contributed by atoms with Gasteiger partial charge in [0, 0.05) is 18.0 Å². The van der Waals surface area contributed by atoms with Gasteiger partial charge in [-0.05, 0) is 35.4 Å². The van der Waals surface area contributed by atoms with Crippen molar-refractivity contribution in [1.29, 1.82) is 5.26 Å². The molecular weight excluding hydrogens is 324 g/mol. The predicted octanol–water partition coefficient (Wildman–Crippen LogP) is 3.68. The molecule has 0 aliphatic rings. The number of pyridine rings is 1. The van der Waals surface area contributed by atoms with Crippen LogP contribution in [0, 0.1) is 11.5 Å². The zero-order valence-corrected chi connectivity index (χ0v) is 14.2. The van der Waals surface area contributed by atoms with E-state index >= 15 is 0 Å². The Hall–Kier alpha value is -3.65. The molecule has 5 nitrogen and oxygen atoms in total. The van der Waals surface area contributed by atoms with E-state index in [1.54, 1.807) is 12.4 Å². The third-order valence-electron chi connectivity index (χ3n) is 3.68. The van der Waals surface area contributed by atoms with Gasteiger partial charge in [-0.2, -0.15) is 5.26 Å². The fraction of sp³-hybridized carbons (Fsp3) is 0.0952. The van der Waals surface area contributed by atoms with Gasteiger partial charge in [-0.15, -0.1) is 0 Å². The van der Waals surface area contributed by atoms with Crippen molar-refractivity contribution in [2.75, 3.05) is 0 Å². The Balaban J connectivity index is 1.68. The highest BCUT2D eigenvalue weighted by Crippen LogP contribution is 2.16. The lowest BCUT2D eigenvalue weighted by Gasteiger charge is -2.08. The summed E-state index contributed by atoms with van der Waals surface area (Å²) in [6.07, 6.45) is 5.27. The van der Waals surface area contributed by atoms with Gasteiger partial charge in [-0.3, -0.25) is 15.3 Å². The van der Waals surface area contributed by atoms with Crippen molar-refractivity contribution < 1.29 is 4.74 Å². The first-order valence-corrected chi connectivity index (χ1v) is 8.21. The zero-order valence-electron chi connectivity index (χ0n) is 14.2. The molecule has 2 aromatic carbocycles. The van der Waals surface area contributed by atoms with Crippen LogP contribution in [0.15, 0.2) is 84.1 Å². The van der Waals surface area contributed by atoms with Crippen molar-refractivity contribution >= 4 is 5.84 Å². The van der Waals surface area contributed by atoms with Crippen LogP contribution in [0.1, 0.15) is 16.7 Å². The van der Waals surface area contributed by atoms with Crippen LogP contribution in [0.2, 0.25) is 0 Å². The largest absolute Gasteiger partial charge is 0.489 e. The Labute approximate surface area is 152 Å². The molecule has 3 rings (SSSR count). The molecule has 0 saturated carbocycles. The fourth-order valence-electron chi connectivity index (χ4n) is 2.40. The number of hydrogen-bond acceptors (Lipinski definition) is 4. The number of nitriles is 1. The summed E-state index contributed by atoms with van der Waals surface area (Å²) in [6.45, 7) is 0.950. The predicted molar refractivity (Wildman–Crippen MR) is 100 cm³/mol. The van der Waals surface area contributed by atoms with Gasteiger partial charge >= 0.3 is 0 Å². The summed E-state index contributed by atoms with van der Waals surface area (Å²) in [5.41, 5.74) is 2.88. The number of amidine groups is 1. The molecule has 0 aliphatic heterocycles. The van der Waals surface area contributed by atoms with Gasteiger partial charge in [0.05, 0.1) is 6.54 Å². The highest BCUT2D eigenvalue weighted by atomic mass is 16.5. The van der Waals surface area contributed by atoms with E-state index in [0.29, 0.717) is 19.0 Å². The van der Waals surface area contributed by atoms with Crippen LogP contribution in [0.5, 0.6) is 5.75 Å². The highest BCUT2D eigenvalue weighted by Gasteiger charge is 2.03. The van der Waals surface area contributed by atoms with Gasteiger partial charge in [-0.25, -0.2) is 0 Å². The van der Waals surface area contributed by atoms with E-state index in [-0.39, 0.29) is 0 Å². The molecule has 0 amide bonds. The molecule has 1 N–H and O–H groups in total. The molecule has 3 aromatic rings. The summed E-state index contributed by atoms with van der Waals surface area (Å²) in [5.74, 6) is 1.29. The van der Waals surface area contributed by atoms with E-state index in [1.165, 1.54) is 0 Å². The molecule has 0 spiro atoms. The van der Waals surface area contributed by atoms with Crippen LogP contribution < -0.4 is 10.1 Å². The first kappa shape index (κ1) is 17.2. The molecular formula is C21H18N4O. The lowest BCUT2D eigenvalue weighted by molar-refractivity contribution is 0.306. The summed E-state index contributed by atoms with van der Waals surface area (Å²) in [5, 5.41) is 11.5. The van der Waals surface area contributed by atoms with Crippen molar-refractivity contribution in [3.05, 3.63) is 95.8 Å². The van der Waals surface area contributed by atoms with Crippen LogP contribution in [0.4, 0.5) is 0 Å². The van der Waals surface area contributed by atoms with Gasteiger partial charge in [0.1, 0.15) is 18.2 Å². The molecule has 0 unspecified atom stereocenters. The monoisotopic (exact) mass is 342 g/mol. The molecule has 26 heavy (non-hydrogen) atoms. The molecule has 1 aromatic heterocycles. The first-order valence-electron chi connectivity index (χ1n) is 8.21. The van der Waals surface area contributed by atoms with E-state index in [9.17, 15) is 0 Å². The Kier molecular flexibility index (Phi) is 5.95. The SMILES string of the molecule is N#CNC(=NCc1cccc(OCc2ccccc2)c1)c1cccnc1. The Morgan fingerprint density at radius 3 is 2.65 bits per heavy atom. The van der Waals surface area contributed by atoms with Crippen LogP contribution in [0.25, 0.3) is 0 Å². The number of ether oxygens (including phenoxy) is 1. The number of aromatic nitrogens is 1. The molecule has 1 heterocycles. The second kappa shape index (κ2) is 9.00. The maximum atomic E-state index is 8.94. The second-order valence-electron chi connectivity index (χ2n) is 5.57. The topological polar surface area (TPSA) is 70.3 Å². The fourth-order valence-corrected chi connectivity index (χ4v) is 2.40. The van der Waals surface area contributed by atoms with Crippen molar-refractivity contribution in [3.63, 3.8) is 0 Å². The van der Waals surface area contributed by atoms with E-state index in [1.807, 2.05) is 72.9 Å². The van der Waals surface area contributed by atoms with Gasteiger partial charge in [-0.1, -0.05) is 42.5 Å². The minimum atomic E-state index is 0.432.